The van der Waals surface area contributed by atoms with E-state index in [0.29, 0.717) is 41.6 Å². The molecule has 188 valence electrons. The van der Waals surface area contributed by atoms with Crippen molar-refractivity contribution < 1.29 is 18.4 Å². The van der Waals surface area contributed by atoms with Gasteiger partial charge in [-0.3, -0.25) is 14.5 Å². The third-order valence-corrected chi connectivity index (χ3v) is 9.14. The normalized spacial score (nSPS) is 27.6. The van der Waals surface area contributed by atoms with Crippen LogP contribution in [-0.2, 0) is 10.3 Å². The van der Waals surface area contributed by atoms with Crippen molar-refractivity contribution in [2.45, 2.75) is 24.3 Å². The molecule has 38 heavy (non-hydrogen) atoms. The highest BCUT2D eigenvalue weighted by atomic mass is 19.1. The molecule has 4 aromatic carbocycles. The lowest BCUT2D eigenvalue weighted by molar-refractivity contribution is -0.127. The minimum absolute atomic E-state index is 0.119. The molecule has 2 aliphatic carbocycles. The first-order valence-electron chi connectivity index (χ1n) is 12.9. The minimum atomic E-state index is -1.29. The number of likely N-dealkylation sites (tertiary alicyclic amines) is 1. The van der Waals surface area contributed by atoms with Gasteiger partial charge >= 0.3 is 0 Å². The molecule has 1 aliphatic heterocycles. The van der Waals surface area contributed by atoms with E-state index in [-0.39, 0.29) is 17.4 Å². The molecule has 4 aromatic rings. The van der Waals surface area contributed by atoms with E-state index in [0.717, 1.165) is 16.3 Å². The second-order valence-electron chi connectivity index (χ2n) is 10.7. The fourth-order valence-corrected chi connectivity index (χ4v) is 7.69. The van der Waals surface area contributed by atoms with E-state index >= 15 is 4.39 Å². The summed E-state index contributed by atoms with van der Waals surface area (Å²) in [5.74, 6) is -1.67. The Balaban J connectivity index is 1.52. The fourth-order valence-electron chi connectivity index (χ4n) is 7.69. The van der Waals surface area contributed by atoms with E-state index in [9.17, 15) is 14.0 Å². The fraction of sp³-hybridized carbons (Fsp3) is 0.212. The Labute approximate surface area is 219 Å². The van der Waals surface area contributed by atoms with Gasteiger partial charge in [0.05, 0.1) is 5.41 Å². The number of carbonyl (C=O) groups is 2. The lowest BCUT2D eigenvalue weighted by Crippen LogP contribution is -2.56. The highest BCUT2D eigenvalue weighted by molar-refractivity contribution is 6.24. The second-order valence-corrected chi connectivity index (χ2v) is 10.7. The zero-order valence-corrected chi connectivity index (χ0v) is 20.9. The molecule has 0 bridgehead atoms. The van der Waals surface area contributed by atoms with Crippen LogP contribution in [0.3, 0.4) is 0 Å². The Kier molecular flexibility index (Phi) is 4.89. The van der Waals surface area contributed by atoms with Crippen LogP contribution in [0.1, 0.15) is 45.8 Å². The highest BCUT2D eigenvalue weighted by Crippen LogP contribution is 2.68. The number of fused-ring (bicyclic) bond motifs is 2. The van der Waals surface area contributed by atoms with Crippen LogP contribution in [0.25, 0.3) is 16.8 Å². The molecule has 3 aliphatic rings. The van der Waals surface area contributed by atoms with Crippen LogP contribution in [0.5, 0.6) is 0 Å². The maximum Gasteiger partial charge on any atom is 0.189 e. The first-order valence-corrected chi connectivity index (χ1v) is 12.9. The van der Waals surface area contributed by atoms with Gasteiger partial charge in [0.2, 0.25) is 0 Å². The van der Waals surface area contributed by atoms with E-state index in [1.54, 1.807) is 42.5 Å². The summed E-state index contributed by atoms with van der Waals surface area (Å²) >= 11 is 0. The number of hydrogen-bond acceptors (Lipinski definition) is 3. The van der Waals surface area contributed by atoms with E-state index in [1.165, 1.54) is 12.1 Å². The quantitative estimate of drug-likeness (QED) is 0.286. The molecule has 5 heteroatoms. The maximum absolute atomic E-state index is 15.4. The van der Waals surface area contributed by atoms with Crippen molar-refractivity contribution in [2.24, 2.45) is 5.41 Å². The molecule has 0 aromatic heterocycles. The number of ketones is 2. The molecule has 0 amide bonds. The molecule has 1 saturated carbocycles. The van der Waals surface area contributed by atoms with Crippen LogP contribution in [0.4, 0.5) is 8.78 Å². The van der Waals surface area contributed by atoms with Crippen molar-refractivity contribution in [3.63, 3.8) is 0 Å². The van der Waals surface area contributed by atoms with Gasteiger partial charge in [-0.2, -0.15) is 0 Å². The highest BCUT2D eigenvalue weighted by Gasteiger charge is 2.74. The molecule has 7 rings (SSSR count). The summed E-state index contributed by atoms with van der Waals surface area (Å²) < 4.78 is 30.0. The summed E-state index contributed by atoms with van der Waals surface area (Å²) in [6, 6.07) is 24.4. The summed E-state index contributed by atoms with van der Waals surface area (Å²) in [6.07, 6.45) is 2.36. The van der Waals surface area contributed by atoms with Crippen LogP contribution in [0.15, 0.2) is 90.5 Å². The van der Waals surface area contributed by atoms with Crippen LogP contribution in [0, 0.1) is 17.0 Å². The summed E-state index contributed by atoms with van der Waals surface area (Å²) in [6.45, 7) is 0.343. The first-order chi connectivity index (χ1) is 18.4. The van der Waals surface area contributed by atoms with Crippen molar-refractivity contribution in [1.29, 1.82) is 0 Å². The Morgan fingerprint density at radius 2 is 1.55 bits per heavy atom. The van der Waals surface area contributed by atoms with Crippen molar-refractivity contribution >= 4 is 28.4 Å². The van der Waals surface area contributed by atoms with Gasteiger partial charge in [-0.15, -0.1) is 0 Å². The summed E-state index contributed by atoms with van der Waals surface area (Å²) in [4.78, 5) is 31.4. The van der Waals surface area contributed by atoms with Gasteiger partial charge < -0.3 is 0 Å². The lowest BCUT2D eigenvalue weighted by Gasteiger charge is -2.44. The van der Waals surface area contributed by atoms with Crippen LogP contribution in [0.2, 0.25) is 0 Å². The topological polar surface area (TPSA) is 37.4 Å². The standard InChI is InChI=1S/C33H25F2NO2/c1-36-19-26(23-11-3-5-15-28(23)35)32(17-16-22(30(32)37)18-21-8-2-4-14-27(21)34)33(36)25-13-7-10-20-9-6-12-24(29(20)25)31(33)38/h2-15,18,26H,16-17,19H2,1H3/b22-18+/t26-,32+,33+/m1/s1. The lowest BCUT2D eigenvalue weighted by atomic mass is 9.58. The smallest absolute Gasteiger partial charge is 0.189 e. The van der Waals surface area contributed by atoms with E-state index in [1.807, 2.05) is 48.3 Å². The number of benzene rings is 4. The Hall–Kier alpha value is -3.96. The number of likely N-dealkylation sites (N-methyl/N-ethyl adjacent to an activating group) is 1. The molecule has 0 unspecified atom stereocenters. The van der Waals surface area contributed by atoms with Crippen molar-refractivity contribution in [3.05, 3.63) is 124 Å². The van der Waals surface area contributed by atoms with Crippen molar-refractivity contribution in [3.8, 4) is 0 Å². The summed E-state index contributed by atoms with van der Waals surface area (Å²) in [5, 5.41) is 1.80. The van der Waals surface area contributed by atoms with Gasteiger partial charge in [0, 0.05) is 23.6 Å². The maximum atomic E-state index is 15.4. The first kappa shape index (κ1) is 23.2. The minimum Gasteiger partial charge on any atom is -0.294 e. The zero-order valence-electron chi connectivity index (χ0n) is 20.9. The summed E-state index contributed by atoms with van der Waals surface area (Å²) in [5.41, 5.74) is 0.111. The molecule has 3 atom stereocenters. The molecule has 0 radical (unpaired) electrons. The van der Waals surface area contributed by atoms with E-state index < -0.39 is 22.7 Å². The number of hydrogen-bond donors (Lipinski definition) is 0. The van der Waals surface area contributed by atoms with Crippen LogP contribution in [-0.4, -0.2) is 30.1 Å². The predicted octanol–water partition coefficient (Wildman–Crippen LogP) is 6.67. The van der Waals surface area contributed by atoms with E-state index in [4.69, 9.17) is 0 Å². The number of nitrogens with zero attached hydrogens (tertiary/aromatic N) is 1. The van der Waals surface area contributed by atoms with Crippen LogP contribution < -0.4 is 0 Å². The summed E-state index contributed by atoms with van der Waals surface area (Å²) in [7, 11) is 1.87. The molecule has 0 N–H and O–H groups in total. The molecule has 3 nitrogen and oxygen atoms in total. The average Bonchev–Trinajstić information content (AvgIpc) is 3.49. The second kappa shape index (κ2) is 8.02. The number of carbonyl (C=O) groups excluding carboxylic acids is 2. The Morgan fingerprint density at radius 1 is 0.842 bits per heavy atom. The van der Waals surface area contributed by atoms with Gasteiger partial charge in [0.15, 0.2) is 11.6 Å². The van der Waals surface area contributed by atoms with E-state index in [2.05, 4.69) is 0 Å². The molecular formula is C33H25F2NO2. The van der Waals surface area contributed by atoms with Crippen molar-refractivity contribution in [2.75, 3.05) is 13.6 Å². The van der Waals surface area contributed by atoms with Gasteiger partial charge in [0.1, 0.15) is 17.2 Å². The number of rotatable bonds is 2. The van der Waals surface area contributed by atoms with Gasteiger partial charge in [-0.05, 0) is 65.6 Å². The number of allylic oxidation sites excluding steroid dienone is 1. The Bertz CT molecular complexity index is 1700. The molecular weight excluding hydrogens is 480 g/mol. The molecule has 1 saturated heterocycles. The molecule has 1 heterocycles. The zero-order chi connectivity index (χ0) is 26.2. The third kappa shape index (κ3) is 2.69. The largest absolute Gasteiger partial charge is 0.294 e. The predicted molar refractivity (Wildman–Crippen MR) is 143 cm³/mol. The number of Topliss-reactive ketones (excluding diaryl/α,β-unsaturated/α-hetero) is 2. The van der Waals surface area contributed by atoms with Gasteiger partial charge in [-0.1, -0.05) is 72.8 Å². The average molecular weight is 506 g/mol. The van der Waals surface area contributed by atoms with Gasteiger partial charge in [0.25, 0.3) is 0 Å². The monoisotopic (exact) mass is 505 g/mol. The van der Waals surface area contributed by atoms with Crippen molar-refractivity contribution in [1.82, 2.24) is 4.90 Å². The molecule has 2 fully saturated rings. The number of halogens is 2. The SMILES string of the molecule is CN1C[C@H](c2ccccc2F)[C@]2(CC/C(=C\c3ccccc3F)C2=O)[C@]12C(=O)c1cccc3cccc2c13. The Morgan fingerprint density at radius 3 is 2.32 bits per heavy atom. The van der Waals surface area contributed by atoms with Gasteiger partial charge in [-0.25, -0.2) is 8.78 Å². The van der Waals surface area contributed by atoms with Crippen LogP contribution >= 0.6 is 0 Å². The molecule has 2 spiro atoms. The third-order valence-electron chi connectivity index (χ3n) is 9.14.